The number of anilines is 1. The molecule has 0 spiro atoms. The summed E-state index contributed by atoms with van der Waals surface area (Å²) in [7, 11) is 0. The van der Waals surface area contributed by atoms with Crippen LogP contribution in [0.3, 0.4) is 0 Å². The molecule has 0 unspecified atom stereocenters. The number of nitrogens with zero attached hydrogens (tertiary/aromatic N) is 3. The van der Waals surface area contributed by atoms with Crippen LogP contribution in [0.2, 0.25) is 0 Å². The minimum Gasteiger partial charge on any atom is -0.391 e. The largest absolute Gasteiger partial charge is 0.391 e. The summed E-state index contributed by atoms with van der Waals surface area (Å²) in [5.41, 5.74) is 2.36. The van der Waals surface area contributed by atoms with Crippen molar-refractivity contribution < 1.29 is 14.6 Å². The number of carbonyl (C=O) groups excluding carboxylic acids is 1. The maximum atomic E-state index is 12.2. The molecule has 0 aromatic heterocycles. The molecule has 2 aromatic carbocycles. The first kappa shape index (κ1) is 18.4. The van der Waals surface area contributed by atoms with Gasteiger partial charge in [-0.05, 0) is 17.7 Å². The number of carbonyl (C=O) groups is 1. The molecular weight excluding hydrogens is 348 g/mol. The molecule has 27 heavy (non-hydrogen) atoms. The van der Waals surface area contributed by atoms with Gasteiger partial charge in [-0.1, -0.05) is 35.5 Å². The first-order chi connectivity index (χ1) is 13.1. The summed E-state index contributed by atoms with van der Waals surface area (Å²) in [4.78, 5) is 29.7. The molecule has 2 aromatic rings. The van der Waals surface area contributed by atoms with E-state index in [4.69, 9.17) is 4.84 Å². The van der Waals surface area contributed by atoms with Crippen LogP contribution in [-0.2, 0) is 11.4 Å². The molecule has 8 heteroatoms. The minimum atomic E-state index is -0.439. The van der Waals surface area contributed by atoms with Crippen LogP contribution in [0.25, 0.3) is 0 Å². The second-order valence-corrected chi connectivity index (χ2v) is 6.14. The molecular formula is C19H20N4O4. The Balaban J connectivity index is 1.45. The van der Waals surface area contributed by atoms with Crippen molar-refractivity contribution in [3.05, 3.63) is 70.3 Å². The number of nitrogens with one attached hydrogen (secondary N) is 1. The highest BCUT2D eigenvalue weighted by Gasteiger charge is 2.20. The lowest BCUT2D eigenvalue weighted by Crippen LogP contribution is -2.41. The lowest BCUT2D eigenvalue weighted by molar-refractivity contribution is -0.384. The molecule has 1 fully saturated rings. The van der Waals surface area contributed by atoms with E-state index in [9.17, 15) is 14.9 Å². The van der Waals surface area contributed by atoms with Gasteiger partial charge in [0, 0.05) is 43.8 Å². The van der Waals surface area contributed by atoms with Crippen molar-refractivity contribution in [2.45, 2.75) is 19.4 Å². The van der Waals surface area contributed by atoms with Crippen LogP contribution < -0.4 is 5.32 Å². The van der Waals surface area contributed by atoms with Crippen molar-refractivity contribution in [2.75, 3.05) is 18.4 Å². The summed E-state index contributed by atoms with van der Waals surface area (Å²) in [6.07, 6.45) is 1.27. The predicted molar refractivity (Wildman–Crippen MR) is 102 cm³/mol. The number of rotatable bonds is 5. The number of nitro benzene ring substituents is 1. The number of nitro groups is 1. The third-order valence-electron chi connectivity index (χ3n) is 4.20. The number of benzene rings is 2. The Morgan fingerprint density at radius 3 is 2.59 bits per heavy atom. The van der Waals surface area contributed by atoms with Gasteiger partial charge in [-0.2, -0.15) is 0 Å². The zero-order valence-electron chi connectivity index (χ0n) is 14.7. The third-order valence-corrected chi connectivity index (χ3v) is 4.20. The van der Waals surface area contributed by atoms with Gasteiger partial charge in [0.15, 0.2) is 0 Å². The number of amides is 2. The summed E-state index contributed by atoms with van der Waals surface area (Å²) in [6, 6.07) is 15.5. The molecule has 2 amide bonds. The van der Waals surface area contributed by atoms with Crippen LogP contribution in [-0.4, -0.2) is 34.7 Å². The van der Waals surface area contributed by atoms with Gasteiger partial charge >= 0.3 is 6.03 Å². The van der Waals surface area contributed by atoms with E-state index < -0.39 is 4.92 Å². The standard InChI is InChI=1S/C19H20N4O4/c24-19(20-16-6-2-1-3-7-16)22-11-9-17(10-12-22)21-27-14-15-5-4-8-18(13-15)23(25)26/h1-8,13H,9-12,14H2,(H,20,24). The van der Waals surface area contributed by atoms with Crippen LogP contribution in [0.5, 0.6) is 0 Å². The van der Waals surface area contributed by atoms with Gasteiger partial charge in [0.2, 0.25) is 0 Å². The predicted octanol–water partition coefficient (Wildman–Crippen LogP) is 3.80. The van der Waals surface area contributed by atoms with Crippen molar-refractivity contribution in [3.63, 3.8) is 0 Å². The normalized spacial score (nSPS) is 13.8. The van der Waals surface area contributed by atoms with Crippen LogP contribution in [0, 0.1) is 10.1 Å². The van der Waals surface area contributed by atoms with Gasteiger partial charge < -0.3 is 15.1 Å². The van der Waals surface area contributed by atoms with Crippen LogP contribution in [0.15, 0.2) is 59.8 Å². The number of piperidine rings is 1. The smallest absolute Gasteiger partial charge is 0.321 e. The minimum absolute atomic E-state index is 0.0292. The van der Waals surface area contributed by atoms with Crippen molar-refractivity contribution in [1.29, 1.82) is 0 Å². The summed E-state index contributed by atoms with van der Waals surface area (Å²) < 4.78 is 0. The Morgan fingerprint density at radius 1 is 1.15 bits per heavy atom. The van der Waals surface area contributed by atoms with E-state index in [0.29, 0.717) is 31.5 Å². The highest BCUT2D eigenvalue weighted by atomic mass is 16.6. The molecule has 0 atom stereocenters. The Kier molecular flexibility index (Phi) is 5.98. The zero-order valence-corrected chi connectivity index (χ0v) is 14.7. The van der Waals surface area contributed by atoms with Gasteiger partial charge in [0.05, 0.1) is 10.6 Å². The Morgan fingerprint density at radius 2 is 1.89 bits per heavy atom. The van der Waals surface area contributed by atoms with E-state index in [1.807, 2.05) is 30.3 Å². The van der Waals surface area contributed by atoms with E-state index in [1.165, 1.54) is 12.1 Å². The first-order valence-corrected chi connectivity index (χ1v) is 8.64. The monoisotopic (exact) mass is 368 g/mol. The van der Waals surface area contributed by atoms with Crippen molar-refractivity contribution in [3.8, 4) is 0 Å². The first-order valence-electron chi connectivity index (χ1n) is 8.64. The van der Waals surface area contributed by atoms with Crippen molar-refractivity contribution in [1.82, 2.24) is 4.90 Å². The molecule has 1 heterocycles. The molecule has 140 valence electrons. The second kappa shape index (κ2) is 8.79. The van der Waals surface area contributed by atoms with E-state index in [1.54, 1.807) is 17.0 Å². The lowest BCUT2D eigenvalue weighted by atomic mass is 10.1. The summed E-state index contributed by atoms with van der Waals surface area (Å²) >= 11 is 0. The molecule has 1 N–H and O–H groups in total. The van der Waals surface area contributed by atoms with E-state index in [0.717, 1.165) is 11.4 Å². The van der Waals surface area contributed by atoms with E-state index in [-0.39, 0.29) is 18.3 Å². The van der Waals surface area contributed by atoms with Gasteiger partial charge in [-0.3, -0.25) is 10.1 Å². The Labute approximate surface area is 156 Å². The maximum Gasteiger partial charge on any atom is 0.321 e. The number of likely N-dealkylation sites (tertiary alicyclic amines) is 1. The third kappa shape index (κ3) is 5.27. The lowest BCUT2D eigenvalue weighted by Gasteiger charge is -2.27. The average molecular weight is 368 g/mol. The van der Waals surface area contributed by atoms with Gasteiger partial charge in [0.1, 0.15) is 6.61 Å². The quantitative estimate of drug-likeness (QED) is 0.641. The summed E-state index contributed by atoms with van der Waals surface area (Å²) in [6.45, 7) is 1.30. The van der Waals surface area contributed by atoms with Crippen LogP contribution in [0.4, 0.5) is 16.2 Å². The highest BCUT2D eigenvalue weighted by Crippen LogP contribution is 2.15. The molecule has 3 rings (SSSR count). The fourth-order valence-corrected chi connectivity index (χ4v) is 2.74. The molecule has 0 saturated carbocycles. The second-order valence-electron chi connectivity index (χ2n) is 6.14. The van der Waals surface area contributed by atoms with E-state index >= 15 is 0 Å². The molecule has 0 aliphatic carbocycles. The molecule has 1 saturated heterocycles. The zero-order chi connectivity index (χ0) is 19.1. The molecule has 1 aliphatic heterocycles. The SMILES string of the molecule is O=C(Nc1ccccc1)N1CCC(=NOCc2cccc([N+](=O)[O-])c2)CC1. The van der Waals surface area contributed by atoms with Crippen LogP contribution >= 0.6 is 0 Å². The number of hydrogen-bond donors (Lipinski definition) is 1. The Bertz CT molecular complexity index is 829. The van der Waals surface area contributed by atoms with Gasteiger partial charge in [-0.15, -0.1) is 0 Å². The van der Waals surface area contributed by atoms with Gasteiger partial charge in [-0.25, -0.2) is 4.79 Å². The van der Waals surface area contributed by atoms with Crippen molar-refractivity contribution in [2.24, 2.45) is 5.16 Å². The number of oxime groups is 1. The molecule has 0 bridgehead atoms. The van der Waals surface area contributed by atoms with E-state index in [2.05, 4.69) is 10.5 Å². The molecule has 0 radical (unpaired) electrons. The summed E-state index contributed by atoms with van der Waals surface area (Å²) in [5.74, 6) is 0. The highest BCUT2D eigenvalue weighted by molar-refractivity contribution is 5.92. The molecule has 1 aliphatic rings. The number of hydrogen-bond acceptors (Lipinski definition) is 5. The fourth-order valence-electron chi connectivity index (χ4n) is 2.74. The van der Waals surface area contributed by atoms with Gasteiger partial charge in [0.25, 0.3) is 5.69 Å². The molecule has 8 nitrogen and oxygen atoms in total. The summed E-state index contributed by atoms with van der Waals surface area (Å²) in [5, 5.41) is 17.8. The fraction of sp³-hybridized carbons (Fsp3) is 0.263. The number of para-hydroxylation sites is 1. The average Bonchev–Trinajstić information content (AvgIpc) is 2.69. The topological polar surface area (TPSA) is 97.1 Å². The number of urea groups is 1. The number of non-ortho nitro benzene ring substituents is 1. The van der Waals surface area contributed by atoms with Crippen molar-refractivity contribution >= 4 is 23.1 Å². The maximum absolute atomic E-state index is 12.2. The Hall–Kier alpha value is -3.42. The van der Waals surface area contributed by atoms with Crippen LogP contribution in [0.1, 0.15) is 18.4 Å².